The Bertz CT molecular complexity index is 1160. The molecule has 33 heavy (non-hydrogen) atoms. The zero-order chi connectivity index (χ0) is 23.4. The van der Waals surface area contributed by atoms with Gasteiger partial charge in [0.15, 0.2) is 5.78 Å². The van der Waals surface area contributed by atoms with Gasteiger partial charge in [0.2, 0.25) is 5.91 Å². The summed E-state index contributed by atoms with van der Waals surface area (Å²) in [5, 5.41) is 0.419. The molecule has 0 unspecified atom stereocenters. The number of aryl methyl sites for hydroxylation is 1. The van der Waals surface area contributed by atoms with Crippen molar-refractivity contribution in [2.24, 2.45) is 0 Å². The summed E-state index contributed by atoms with van der Waals surface area (Å²) >= 11 is 6.07. The van der Waals surface area contributed by atoms with E-state index in [9.17, 15) is 9.59 Å². The fraction of sp³-hybridized carbons (Fsp3) is 0.296. The Morgan fingerprint density at radius 3 is 2.42 bits per heavy atom. The minimum atomic E-state index is -0.408. The van der Waals surface area contributed by atoms with Gasteiger partial charge >= 0.3 is 0 Å². The molecule has 0 aliphatic heterocycles. The monoisotopic (exact) mass is 464 g/mol. The molecule has 1 saturated carbocycles. The predicted octanol–water partition coefficient (Wildman–Crippen LogP) is 6.65. The minimum absolute atomic E-state index is 0.0113. The van der Waals surface area contributed by atoms with Gasteiger partial charge in [-0.25, -0.2) is 9.37 Å². The topological polar surface area (TPSA) is 50.3 Å². The Labute approximate surface area is 198 Å². The molecule has 1 heterocycles. The smallest absolute Gasteiger partial charge is 0.227 e. The molecule has 1 aliphatic rings. The van der Waals surface area contributed by atoms with Gasteiger partial charge in [0.25, 0.3) is 0 Å². The molecule has 1 amide bonds. The highest BCUT2D eigenvalue weighted by molar-refractivity contribution is 6.30. The molecular formula is C27H26ClFN2O2. The summed E-state index contributed by atoms with van der Waals surface area (Å²) in [5.74, 6) is -0.450. The van der Waals surface area contributed by atoms with E-state index in [1.807, 2.05) is 24.3 Å². The first-order chi connectivity index (χ1) is 16.0. The second-order valence-electron chi connectivity index (χ2n) is 8.32. The van der Waals surface area contributed by atoms with E-state index in [-0.39, 0.29) is 17.7 Å². The Hall–Kier alpha value is -3.05. The number of anilines is 1. The molecule has 4 nitrogen and oxygen atoms in total. The zero-order valence-corrected chi connectivity index (χ0v) is 19.3. The van der Waals surface area contributed by atoms with Crippen molar-refractivity contribution >= 4 is 29.0 Å². The summed E-state index contributed by atoms with van der Waals surface area (Å²) < 4.78 is 15.0. The highest BCUT2D eigenvalue weighted by atomic mass is 35.5. The van der Waals surface area contributed by atoms with E-state index in [1.165, 1.54) is 6.07 Å². The van der Waals surface area contributed by atoms with Gasteiger partial charge in [-0.3, -0.25) is 9.59 Å². The fourth-order valence-corrected chi connectivity index (χ4v) is 4.29. The molecule has 4 rings (SSSR count). The van der Waals surface area contributed by atoms with Crippen molar-refractivity contribution in [1.29, 1.82) is 0 Å². The maximum atomic E-state index is 15.0. The van der Waals surface area contributed by atoms with Crippen LogP contribution in [-0.4, -0.2) is 22.7 Å². The number of aromatic nitrogens is 1. The normalized spacial score (nSPS) is 13.4. The van der Waals surface area contributed by atoms with Crippen LogP contribution in [0.2, 0.25) is 5.15 Å². The summed E-state index contributed by atoms with van der Waals surface area (Å²) in [6.07, 6.45) is 5.71. The zero-order valence-electron chi connectivity index (χ0n) is 18.6. The first-order valence-electron chi connectivity index (χ1n) is 11.3. The van der Waals surface area contributed by atoms with Gasteiger partial charge in [0.05, 0.1) is 5.69 Å². The van der Waals surface area contributed by atoms with E-state index in [2.05, 4.69) is 4.98 Å². The third-order valence-electron chi connectivity index (χ3n) is 6.22. The van der Waals surface area contributed by atoms with Gasteiger partial charge < -0.3 is 4.90 Å². The van der Waals surface area contributed by atoms with Gasteiger partial charge in [0, 0.05) is 30.6 Å². The Morgan fingerprint density at radius 2 is 1.82 bits per heavy atom. The molecule has 0 bridgehead atoms. The number of hydrogen-bond donors (Lipinski definition) is 0. The lowest BCUT2D eigenvalue weighted by Crippen LogP contribution is -2.44. The van der Waals surface area contributed by atoms with Crippen LogP contribution in [0, 0.1) is 5.82 Å². The highest BCUT2D eigenvalue weighted by Gasteiger charge is 2.30. The maximum absolute atomic E-state index is 15.0. The SMILES string of the molecule is CCC(=O)N(c1ccc(-c2ccc(C(=O)CCc3cccnc3Cl)cc2)cc1F)C1CCC1. The summed E-state index contributed by atoms with van der Waals surface area (Å²) in [4.78, 5) is 30.7. The van der Waals surface area contributed by atoms with E-state index >= 15 is 4.39 Å². The van der Waals surface area contributed by atoms with Crippen LogP contribution in [0.15, 0.2) is 60.8 Å². The summed E-state index contributed by atoms with van der Waals surface area (Å²) in [7, 11) is 0. The number of hydrogen-bond acceptors (Lipinski definition) is 3. The third-order valence-corrected chi connectivity index (χ3v) is 6.56. The molecule has 1 aromatic heterocycles. The summed E-state index contributed by atoms with van der Waals surface area (Å²) in [6, 6.07) is 15.9. The van der Waals surface area contributed by atoms with E-state index in [4.69, 9.17) is 11.6 Å². The first-order valence-corrected chi connectivity index (χ1v) is 11.7. The molecule has 0 saturated heterocycles. The molecule has 1 aliphatic carbocycles. The molecule has 2 aromatic carbocycles. The molecule has 6 heteroatoms. The van der Waals surface area contributed by atoms with Crippen LogP contribution < -0.4 is 4.90 Å². The van der Waals surface area contributed by atoms with Crippen molar-refractivity contribution < 1.29 is 14.0 Å². The Morgan fingerprint density at radius 1 is 1.09 bits per heavy atom. The van der Waals surface area contributed by atoms with Gasteiger partial charge in [0.1, 0.15) is 11.0 Å². The molecule has 3 aromatic rings. The third kappa shape index (κ3) is 5.14. The number of rotatable bonds is 8. The van der Waals surface area contributed by atoms with Crippen LogP contribution in [-0.2, 0) is 11.2 Å². The molecule has 0 radical (unpaired) electrons. The number of amides is 1. The Kier molecular flexibility index (Phi) is 7.19. The van der Waals surface area contributed by atoms with E-state index in [0.29, 0.717) is 41.2 Å². The van der Waals surface area contributed by atoms with E-state index in [1.54, 1.807) is 42.3 Å². The average molecular weight is 465 g/mol. The second-order valence-corrected chi connectivity index (χ2v) is 8.68. The first kappa shape index (κ1) is 23.1. The van der Waals surface area contributed by atoms with Crippen LogP contribution >= 0.6 is 11.6 Å². The number of Topliss-reactive ketones (excluding diaryl/α,β-unsaturated/α-hetero) is 1. The summed E-state index contributed by atoms with van der Waals surface area (Å²) in [5.41, 5.74) is 3.30. The van der Waals surface area contributed by atoms with Gasteiger partial charge in [-0.05, 0) is 60.6 Å². The van der Waals surface area contributed by atoms with Crippen molar-refractivity contribution in [1.82, 2.24) is 4.98 Å². The fourth-order valence-electron chi connectivity index (χ4n) is 4.08. The van der Waals surface area contributed by atoms with E-state index in [0.717, 1.165) is 30.4 Å². The number of benzene rings is 2. The standard InChI is InChI=1S/C27H26ClFN2O2/c1-2-26(33)31(22-6-3-7-22)24-14-12-21(17-23(24)29)18-8-10-19(11-9-18)25(32)15-13-20-5-4-16-30-27(20)28/h4-5,8-12,14,16-17,22H,2-3,6-7,13,15H2,1H3. The Balaban J connectivity index is 1.47. The van der Waals surface area contributed by atoms with Crippen molar-refractivity contribution in [3.8, 4) is 11.1 Å². The quantitative estimate of drug-likeness (QED) is 0.277. The number of nitrogens with zero attached hydrogens (tertiary/aromatic N) is 2. The molecule has 0 atom stereocenters. The van der Waals surface area contributed by atoms with Gasteiger partial charge in [-0.2, -0.15) is 0 Å². The van der Waals surface area contributed by atoms with Crippen molar-refractivity contribution in [2.45, 2.75) is 51.5 Å². The van der Waals surface area contributed by atoms with Gasteiger partial charge in [-0.1, -0.05) is 54.9 Å². The number of carbonyl (C=O) groups excluding carboxylic acids is 2. The van der Waals surface area contributed by atoms with Crippen molar-refractivity contribution in [2.75, 3.05) is 4.90 Å². The van der Waals surface area contributed by atoms with Crippen molar-refractivity contribution in [3.63, 3.8) is 0 Å². The predicted molar refractivity (Wildman–Crippen MR) is 129 cm³/mol. The molecule has 1 fully saturated rings. The summed E-state index contributed by atoms with van der Waals surface area (Å²) in [6.45, 7) is 1.80. The number of pyridine rings is 1. The average Bonchev–Trinajstić information content (AvgIpc) is 2.80. The van der Waals surface area contributed by atoms with Gasteiger partial charge in [-0.15, -0.1) is 0 Å². The van der Waals surface area contributed by atoms with Crippen LogP contribution in [0.25, 0.3) is 11.1 Å². The lowest BCUT2D eigenvalue weighted by atomic mass is 9.90. The van der Waals surface area contributed by atoms with Crippen molar-refractivity contribution in [3.05, 3.63) is 82.9 Å². The molecule has 0 spiro atoms. The van der Waals surface area contributed by atoms with Crippen LogP contribution in [0.1, 0.15) is 54.9 Å². The van der Waals surface area contributed by atoms with Crippen LogP contribution in [0.5, 0.6) is 0 Å². The lowest BCUT2D eigenvalue weighted by molar-refractivity contribution is -0.119. The minimum Gasteiger partial charge on any atom is -0.307 e. The number of carbonyl (C=O) groups is 2. The lowest BCUT2D eigenvalue weighted by Gasteiger charge is -2.37. The molecule has 0 N–H and O–H groups in total. The molecule has 170 valence electrons. The van der Waals surface area contributed by atoms with Crippen LogP contribution in [0.3, 0.4) is 0 Å². The largest absolute Gasteiger partial charge is 0.307 e. The van der Waals surface area contributed by atoms with E-state index < -0.39 is 5.82 Å². The maximum Gasteiger partial charge on any atom is 0.227 e. The second kappa shape index (κ2) is 10.3. The number of halogens is 2. The highest BCUT2D eigenvalue weighted by Crippen LogP contribution is 2.34. The number of ketones is 1. The van der Waals surface area contributed by atoms with Crippen LogP contribution in [0.4, 0.5) is 10.1 Å². The molecular weight excluding hydrogens is 439 g/mol.